The normalized spacial score (nSPS) is 26.6. The molecule has 94 valence electrons. The van der Waals surface area contributed by atoms with Gasteiger partial charge in [0.2, 0.25) is 0 Å². The van der Waals surface area contributed by atoms with Crippen LogP contribution in [0.15, 0.2) is 0 Å². The molecule has 0 amide bonds. The highest BCUT2D eigenvalue weighted by atomic mass is 16.3. The molecule has 1 saturated carbocycles. The van der Waals surface area contributed by atoms with Crippen molar-refractivity contribution in [3.05, 3.63) is 0 Å². The Labute approximate surface area is 100 Å². The molecule has 16 heavy (non-hydrogen) atoms. The lowest BCUT2D eigenvalue weighted by Gasteiger charge is -2.53. The molecule has 1 aliphatic carbocycles. The van der Waals surface area contributed by atoms with E-state index in [0.29, 0.717) is 12.5 Å². The van der Waals surface area contributed by atoms with Crippen molar-refractivity contribution in [3.8, 4) is 0 Å². The fourth-order valence-electron chi connectivity index (χ4n) is 3.62. The Hall–Kier alpha value is -0.0800. The Balaban J connectivity index is 1.70. The molecule has 2 heteroatoms. The molecular weight excluding hydrogens is 198 g/mol. The molecule has 0 bridgehead atoms. The summed E-state index contributed by atoms with van der Waals surface area (Å²) in [6.07, 6.45) is 9.53. The van der Waals surface area contributed by atoms with E-state index in [0.717, 1.165) is 11.8 Å². The van der Waals surface area contributed by atoms with Gasteiger partial charge in [-0.15, -0.1) is 0 Å². The molecule has 0 aromatic heterocycles. The maximum atomic E-state index is 9.00. The second-order valence-electron chi connectivity index (χ2n) is 6.02. The third kappa shape index (κ3) is 2.78. The van der Waals surface area contributed by atoms with Gasteiger partial charge in [-0.05, 0) is 30.6 Å². The zero-order valence-corrected chi connectivity index (χ0v) is 10.7. The summed E-state index contributed by atoms with van der Waals surface area (Å²) < 4.78 is 0. The molecule has 1 unspecified atom stereocenters. The molecule has 2 rings (SSSR count). The predicted octanol–water partition coefficient (Wildman–Crippen LogP) is 2.66. The van der Waals surface area contributed by atoms with Crippen LogP contribution in [0.3, 0.4) is 0 Å². The number of aliphatic hydroxyl groups excluding tert-OH is 1. The van der Waals surface area contributed by atoms with Gasteiger partial charge in [-0.3, -0.25) is 0 Å². The first kappa shape index (κ1) is 12.4. The molecule has 1 heterocycles. The molecule has 2 aliphatic rings. The van der Waals surface area contributed by atoms with Gasteiger partial charge in [0.15, 0.2) is 0 Å². The summed E-state index contributed by atoms with van der Waals surface area (Å²) in [5, 5.41) is 9.00. The van der Waals surface area contributed by atoms with Crippen LogP contribution >= 0.6 is 0 Å². The van der Waals surface area contributed by atoms with E-state index in [9.17, 15) is 0 Å². The van der Waals surface area contributed by atoms with Crippen molar-refractivity contribution >= 4 is 0 Å². The van der Waals surface area contributed by atoms with Crippen LogP contribution in [0.25, 0.3) is 0 Å². The van der Waals surface area contributed by atoms with Crippen molar-refractivity contribution in [2.24, 2.45) is 11.3 Å². The fourth-order valence-corrected chi connectivity index (χ4v) is 3.62. The van der Waals surface area contributed by atoms with Crippen molar-refractivity contribution in [2.75, 3.05) is 26.2 Å². The maximum Gasteiger partial charge on any atom is 0.0434 e. The van der Waals surface area contributed by atoms with E-state index in [1.807, 2.05) is 0 Å². The van der Waals surface area contributed by atoms with E-state index in [-0.39, 0.29) is 0 Å². The highest BCUT2D eigenvalue weighted by Crippen LogP contribution is 2.44. The third-order valence-electron chi connectivity index (χ3n) is 4.66. The van der Waals surface area contributed by atoms with E-state index < -0.39 is 0 Å². The minimum Gasteiger partial charge on any atom is -0.396 e. The van der Waals surface area contributed by atoms with Crippen molar-refractivity contribution in [1.82, 2.24) is 4.90 Å². The van der Waals surface area contributed by atoms with Crippen LogP contribution in [-0.2, 0) is 0 Å². The number of rotatable bonds is 5. The largest absolute Gasteiger partial charge is 0.396 e. The quantitative estimate of drug-likeness (QED) is 0.777. The van der Waals surface area contributed by atoms with Gasteiger partial charge in [0.25, 0.3) is 0 Å². The lowest BCUT2D eigenvalue weighted by molar-refractivity contribution is -0.0380. The highest BCUT2D eigenvalue weighted by Gasteiger charge is 2.43. The molecular formula is C14H27NO. The van der Waals surface area contributed by atoms with Crippen LogP contribution in [0.4, 0.5) is 0 Å². The Bertz CT molecular complexity index is 200. The summed E-state index contributed by atoms with van der Waals surface area (Å²) >= 11 is 0. The van der Waals surface area contributed by atoms with Crippen LogP contribution in [0.2, 0.25) is 0 Å². The first-order valence-electron chi connectivity index (χ1n) is 7.11. The number of likely N-dealkylation sites (tertiary alicyclic amines) is 1. The van der Waals surface area contributed by atoms with E-state index in [2.05, 4.69) is 11.8 Å². The molecule has 1 N–H and O–H groups in total. The molecule has 2 fully saturated rings. The average Bonchev–Trinajstić information content (AvgIpc) is 2.27. The first-order valence-corrected chi connectivity index (χ1v) is 7.11. The fraction of sp³-hybridized carbons (Fsp3) is 1.00. The SMILES string of the molecule is CCC(CCO)CN1CC2(CCCCC2)C1. The van der Waals surface area contributed by atoms with Gasteiger partial charge in [-0.1, -0.05) is 32.6 Å². The highest BCUT2D eigenvalue weighted by molar-refractivity contribution is 4.96. The average molecular weight is 225 g/mol. The minimum absolute atomic E-state index is 0.359. The van der Waals surface area contributed by atoms with Gasteiger partial charge in [0.1, 0.15) is 0 Å². The zero-order chi connectivity index (χ0) is 11.4. The molecule has 0 aromatic rings. The Kier molecular flexibility index (Phi) is 4.26. The minimum atomic E-state index is 0.359. The smallest absolute Gasteiger partial charge is 0.0434 e. The van der Waals surface area contributed by atoms with Crippen LogP contribution < -0.4 is 0 Å². The Morgan fingerprint density at radius 2 is 1.88 bits per heavy atom. The van der Waals surface area contributed by atoms with Crippen molar-refractivity contribution in [3.63, 3.8) is 0 Å². The van der Waals surface area contributed by atoms with Gasteiger partial charge in [-0.25, -0.2) is 0 Å². The summed E-state index contributed by atoms with van der Waals surface area (Å²) in [6, 6.07) is 0. The summed E-state index contributed by atoms with van der Waals surface area (Å²) in [7, 11) is 0. The van der Waals surface area contributed by atoms with Gasteiger partial charge in [0.05, 0.1) is 0 Å². The second-order valence-corrected chi connectivity index (χ2v) is 6.02. The Morgan fingerprint density at radius 3 is 2.44 bits per heavy atom. The third-order valence-corrected chi connectivity index (χ3v) is 4.66. The molecule has 2 nitrogen and oxygen atoms in total. The van der Waals surface area contributed by atoms with E-state index >= 15 is 0 Å². The van der Waals surface area contributed by atoms with Crippen LogP contribution in [0.1, 0.15) is 51.9 Å². The van der Waals surface area contributed by atoms with Gasteiger partial charge < -0.3 is 10.0 Å². The van der Waals surface area contributed by atoms with Crippen molar-refractivity contribution in [2.45, 2.75) is 51.9 Å². The molecule has 1 saturated heterocycles. The standard InChI is InChI=1S/C14H27NO/c1-2-13(6-9-16)10-15-11-14(12-15)7-4-3-5-8-14/h13,16H,2-12H2,1H3. The lowest BCUT2D eigenvalue weighted by Crippen LogP contribution is -2.57. The van der Waals surface area contributed by atoms with Crippen LogP contribution in [0, 0.1) is 11.3 Å². The number of nitrogens with zero attached hydrogens (tertiary/aromatic N) is 1. The first-order chi connectivity index (χ1) is 7.78. The van der Waals surface area contributed by atoms with Crippen molar-refractivity contribution in [1.29, 1.82) is 0 Å². The summed E-state index contributed by atoms with van der Waals surface area (Å²) in [5.74, 6) is 0.714. The van der Waals surface area contributed by atoms with Crippen LogP contribution in [0.5, 0.6) is 0 Å². The maximum absolute atomic E-state index is 9.00. The van der Waals surface area contributed by atoms with Gasteiger partial charge >= 0.3 is 0 Å². The zero-order valence-electron chi connectivity index (χ0n) is 10.7. The van der Waals surface area contributed by atoms with E-state index in [4.69, 9.17) is 5.11 Å². The second kappa shape index (κ2) is 5.50. The molecule has 0 aromatic carbocycles. The summed E-state index contributed by atoms with van der Waals surface area (Å²) in [6.45, 7) is 6.51. The summed E-state index contributed by atoms with van der Waals surface area (Å²) in [4.78, 5) is 2.62. The number of hydrogen-bond donors (Lipinski definition) is 1. The molecule has 1 atom stereocenters. The van der Waals surface area contributed by atoms with E-state index in [1.165, 1.54) is 58.2 Å². The summed E-state index contributed by atoms with van der Waals surface area (Å²) in [5.41, 5.74) is 0.718. The van der Waals surface area contributed by atoms with Crippen molar-refractivity contribution < 1.29 is 5.11 Å². The number of hydrogen-bond acceptors (Lipinski definition) is 2. The monoisotopic (exact) mass is 225 g/mol. The molecule has 0 radical (unpaired) electrons. The predicted molar refractivity (Wildman–Crippen MR) is 67.4 cm³/mol. The topological polar surface area (TPSA) is 23.5 Å². The van der Waals surface area contributed by atoms with E-state index in [1.54, 1.807) is 0 Å². The number of aliphatic hydroxyl groups is 1. The Morgan fingerprint density at radius 1 is 1.19 bits per heavy atom. The molecule has 1 aliphatic heterocycles. The molecule has 1 spiro atoms. The van der Waals surface area contributed by atoms with Gasteiger partial charge in [-0.2, -0.15) is 0 Å². The van der Waals surface area contributed by atoms with Crippen LogP contribution in [-0.4, -0.2) is 36.2 Å². The lowest BCUT2D eigenvalue weighted by atomic mass is 9.68. The van der Waals surface area contributed by atoms with Gasteiger partial charge in [0, 0.05) is 26.2 Å².